The fourth-order valence-electron chi connectivity index (χ4n) is 7.89. The molecule has 11 rings (SSSR count). The summed E-state index contributed by atoms with van der Waals surface area (Å²) in [6.07, 6.45) is 3.88. The maximum absolute atomic E-state index is 6.43. The lowest BCUT2D eigenvalue weighted by molar-refractivity contribution is 0.667. The van der Waals surface area contributed by atoms with Crippen LogP contribution in [0, 0.1) is 0 Å². The summed E-state index contributed by atoms with van der Waals surface area (Å²) < 4.78 is 12.7. The molecule has 4 heterocycles. The topological polar surface area (TPSA) is 75.1 Å². The Kier molecular flexibility index (Phi) is 6.89. The van der Waals surface area contributed by atoms with Crippen LogP contribution in [0.4, 0.5) is 5.69 Å². The van der Waals surface area contributed by atoms with E-state index in [1.54, 1.807) is 0 Å². The zero-order valence-electron chi connectivity index (χ0n) is 29.1. The lowest BCUT2D eigenvalue weighted by atomic mass is 9.96. The molecule has 6 nitrogen and oxygen atoms in total. The van der Waals surface area contributed by atoms with E-state index in [0.717, 1.165) is 106 Å². The summed E-state index contributed by atoms with van der Waals surface area (Å²) in [4.78, 5) is 10.4. The van der Waals surface area contributed by atoms with Crippen LogP contribution >= 0.6 is 0 Å². The Morgan fingerprint density at radius 3 is 2.26 bits per heavy atom. The van der Waals surface area contributed by atoms with Crippen molar-refractivity contribution in [1.82, 2.24) is 5.32 Å². The molecule has 0 amide bonds. The number of furan rings is 2. The van der Waals surface area contributed by atoms with E-state index in [0.29, 0.717) is 5.84 Å². The number of anilines is 1. The predicted octanol–water partition coefficient (Wildman–Crippen LogP) is 11.8. The number of nitrogens with zero attached hydrogens (tertiary/aromatic N) is 2. The maximum Gasteiger partial charge on any atom is 0.159 e. The van der Waals surface area contributed by atoms with Crippen molar-refractivity contribution >= 4 is 67.3 Å². The molecule has 0 spiro atoms. The van der Waals surface area contributed by atoms with Crippen LogP contribution in [0.15, 0.2) is 177 Å². The van der Waals surface area contributed by atoms with Crippen molar-refractivity contribution in [3.05, 3.63) is 180 Å². The van der Waals surface area contributed by atoms with Crippen LogP contribution < -0.4 is 10.6 Å². The lowest BCUT2D eigenvalue weighted by Crippen LogP contribution is -2.33. The third-order valence-electron chi connectivity index (χ3n) is 10.5. The highest BCUT2D eigenvalue weighted by Gasteiger charge is 2.23. The Morgan fingerprint density at radius 2 is 1.30 bits per heavy atom. The second-order valence-electron chi connectivity index (χ2n) is 13.8. The molecule has 0 saturated carbocycles. The van der Waals surface area contributed by atoms with Crippen LogP contribution in [0.1, 0.15) is 28.4 Å². The van der Waals surface area contributed by atoms with E-state index in [2.05, 4.69) is 150 Å². The molecule has 6 heteroatoms. The molecule has 2 aliphatic rings. The number of amidine groups is 2. The molecule has 9 aromatic rings. The van der Waals surface area contributed by atoms with E-state index in [4.69, 9.17) is 18.8 Å². The fourth-order valence-corrected chi connectivity index (χ4v) is 7.89. The quantitative estimate of drug-likeness (QED) is 0.188. The van der Waals surface area contributed by atoms with Gasteiger partial charge in [-0.05, 0) is 76.3 Å². The number of hydrogen-bond donors (Lipinski definition) is 2. The number of para-hydroxylation sites is 1. The standard InChI is InChI=1S/C48H32N4O2/c1-2-10-29(11-3-1)30-12-6-14-33(24-30)46-50-47(52-48(51-46)35-21-22-38-37-17-4-5-19-41(37)53-43(38)27-35)34-15-7-13-31(25-34)36-18-8-20-42-45(36)39-28-40-32(16-9-23-49-40)26-44(39)54-42/h1-22,24-28,47,49H,23H2,(H,50,51,52). The normalized spacial score (nSPS) is 15.2. The summed E-state index contributed by atoms with van der Waals surface area (Å²) in [6.45, 7) is 0.814. The fraction of sp³-hybridized carbons (Fsp3) is 0.0417. The highest BCUT2D eigenvalue weighted by molar-refractivity contribution is 6.16. The van der Waals surface area contributed by atoms with Crippen molar-refractivity contribution in [2.24, 2.45) is 9.98 Å². The highest BCUT2D eigenvalue weighted by Crippen LogP contribution is 2.40. The average molecular weight is 697 g/mol. The zero-order valence-corrected chi connectivity index (χ0v) is 29.1. The van der Waals surface area contributed by atoms with Gasteiger partial charge in [-0.2, -0.15) is 0 Å². The molecule has 1 unspecified atom stereocenters. The van der Waals surface area contributed by atoms with Gasteiger partial charge in [0.15, 0.2) is 5.84 Å². The molecule has 0 bridgehead atoms. The number of rotatable bonds is 5. The molecule has 2 N–H and O–H groups in total. The average Bonchev–Trinajstić information content (AvgIpc) is 3.80. The summed E-state index contributed by atoms with van der Waals surface area (Å²) in [7, 11) is 0. The molecule has 54 heavy (non-hydrogen) atoms. The third-order valence-corrected chi connectivity index (χ3v) is 10.5. The smallest absolute Gasteiger partial charge is 0.159 e. The van der Waals surface area contributed by atoms with Crippen molar-refractivity contribution in [3.8, 4) is 22.3 Å². The Bertz CT molecular complexity index is 3040. The maximum atomic E-state index is 6.43. The van der Waals surface area contributed by atoms with Crippen molar-refractivity contribution < 1.29 is 8.83 Å². The first kappa shape index (κ1) is 30.4. The minimum atomic E-state index is -0.400. The van der Waals surface area contributed by atoms with Gasteiger partial charge in [0.2, 0.25) is 0 Å². The van der Waals surface area contributed by atoms with E-state index >= 15 is 0 Å². The molecule has 256 valence electrons. The van der Waals surface area contributed by atoms with Gasteiger partial charge in [-0.3, -0.25) is 0 Å². The van der Waals surface area contributed by atoms with Gasteiger partial charge in [0.25, 0.3) is 0 Å². The van der Waals surface area contributed by atoms with Crippen molar-refractivity contribution in [1.29, 1.82) is 0 Å². The number of benzene rings is 7. The Hall–Kier alpha value is -7.18. The molecule has 2 aromatic heterocycles. The molecule has 1 atom stereocenters. The van der Waals surface area contributed by atoms with Gasteiger partial charge in [-0.1, -0.05) is 115 Å². The van der Waals surface area contributed by atoms with Gasteiger partial charge >= 0.3 is 0 Å². The predicted molar refractivity (Wildman–Crippen MR) is 221 cm³/mol. The summed E-state index contributed by atoms with van der Waals surface area (Å²) in [6, 6.07) is 52.6. The molecule has 0 fully saturated rings. The first-order chi connectivity index (χ1) is 26.7. The van der Waals surface area contributed by atoms with E-state index in [1.807, 2.05) is 24.3 Å². The Labute approximate surface area is 310 Å². The summed E-state index contributed by atoms with van der Waals surface area (Å²) in [5.74, 6) is 1.40. The zero-order chi connectivity index (χ0) is 35.6. The molecule has 0 saturated heterocycles. The monoisotopic (exact) mass is 696 g/mol. The summed E-state index contributed by atoms with van der Waals surface area (Å²) in [5, 5.41) is 11.6. The SMILES string of the molecule is C1=Cc2cc3oc4cccc(-c5cccc(C6N=C(c7ccc8c(c7)oc7ccccc78)N=C(c7cccc(-c8ccccc8)c7)N6)c5)c4c3cc2NC1. The molecule has 0 aliphatic carbocycles. The van der Waals surface area contributed by atoms with Crippen molar-refractivity contribution in [2.45, 2.75) is 6.17 Å². The van der Waals surface area contributed by atoms with Crippen LogP contribution in [0.5, 0.6) is 0 Å². The highest BCUT2D eigenvalue weighted by atomic mass is 16.3. The molecule has 2 aliphatic heterocycles. The Balaban J connectivity index is 1.04. The second-order valence-corrected chi connectivity index (χ2v) is 13.8. The van der Waals surface area contributed by atoms with Crippen LogP contribution in [0.3, 0.4) is 0 Å². The molecule has 0 radical (unpaired) electrons. The van der Waals surface area contributed by atoms with Gasteiger partial charge in [-0.15, -0.1) is 0 Å². The van der Waals surface area contributed by atoms with Crippen molar-refractivity contribution in [3.63, 3.8) is 0 Å². The summed E-state index contributed by atoms with van der Waals surface area (Å²) >= 11 is 0. The van der Waals surface area contributed by atoms with E-state index in [-0.39, 0.29) is 0 Å². The van der Waals surface area contributed by atoms with Crippen LogP contribution in [-0.4, -0.2) is 18.2 Å². The van der Waals surface area contributed by atoms with Gasteiger partial charge in [-0.25, -0.2) is 9.98 Å². The Morgan fingerprint density at radius 1 is 0.537 bits per heavy atom. The molecular weight excluding hydrogens is 665 g/mol. The van der Waals surface area contributed by atoms with E-state index in [1.165, 1.54) is 0 Å². The largest absolute Gasteiger partial charge is 0.456 e. The minimum Gasteiger partial charge on any atom is -0.456 e. The second kappa shape index (κ2) is 12.2. The van der Waals surface area contributed by atoms with Gasteiger partial charge in [0.1, 0.15) is 34.3 Å². The lowest BCUT2D eigenvalue weighted by Gasteiger charge is -2.24. The van der Waals surface area contributed by atoms with Gasteiger partial charge in [0, 0.05) is 50.5 Å². The van der Waals surface area contributed by atoms with Gasteiger partial charge in [0.05, 0.1) is 0 Å². The van der Waals surface area contributed by atoms with Crippen molar-refractivity contribution in [2.75, 3.05) is 11.9 Å². The summed E-state index contributed by atoms with van der Waals surface area (Å²) in [5.41, 5.74) is 13.0. The number of nitrogens with one attached hydrogen (secondary N) is 2. The minimum absolute atomic E-state index is 0.400. The van der Waals surface area contributed by atoms with Gasteiger partial charge < -0.3 is 19.5 Å². The van der Waals surface area contributed by atoms with Crippen LogP contribution in [0.25, 0.3) is 72.2 Å². The number of hydrogen-bond acceptors (Lipinski definition) is 6. The van der Waals surface area contributed by atoms with E-state index in [9.17, 15) is 0 Å². The first-order valence-electron chi connectivity index (χ1n) is 18.2. The number of fused-ring (bicyclic) bond motifs is 7. The number of aliphatic imine (C=N–C) groups is 2. The first-order valence-corrected chi connectivity index (χ1v) is 18.2. The van der Waals surface area contributed by atoms with E-state index < -0.39 is 6.17 Å². The van der Waals surface area contributed by atoms with Crippen LogP contribution in [0.2, 0.25) is 0 Å². The molecule has 7 aromatic carbocycles. The van der Waals surface area contributed by atoms with Crippen LogP contribution in [-0.2, 0) is 0 Å². The molecular formula is C48H32N4O2. The third kappa shape index (κ3) is 5.11.